The molecule has 3 aliphatic carbocycles. The number of nitrogens with two attached hydrogens (primary N) is 1. The van der Waals surface area contributed by atoms with Gasteiger partial charge in [-0.1, -0.05) is 33.8 Å². The lowest BCUT2D eigenvalue weighted by molar-refractivity contribution is -0.198. The molecule has 1 saturated heterocycles. The Morgan fingerprint density at radius 1 is 1.14 bits per heavy atom. The lowest BCUT2D eigenvalue weighted by Crippen LogP contribution is -2.75. The number of likely N-dealkylation sites (tertiary alicyclic amines) is 1. The van der Waals surface area contributed by atoms with Crippen molar-refractivity contribution < 1.29 is 39.3 Å². The Balaban J connectivity index is 1.54. The molecule has 5 rings (SSSR count). The van der Waals surface area contributed by atoms with E-state index in [0.29, 0.717) is 11.3 Å². The number of carbonyl (C=O) groups excluding carboxylic acids is 5. The summed E-state index contributed by atoms with van der Waals surface area (Å²) in [7, 11) is 0. The third kappa shape index (κ3) is 4.31. The summed E-state index contributed by atoms with van der Waals surface area (Å²) < 4.78 is 0. The molecule has 8 atom stereocenters. The molecule has 0 spiro atoms. The lowest BCUT2D eigenvalue weighted by atomic mass is 9.47. The summed E-state index contributed by atoms with van der Waals surface area (Å²) in [5.41, 5.74) is 3.10. The van der Waals surface area contributed by atoms with Crippen LogP contribution in [0, 0.1) is 35.5 Å². The number of piperidine rings is 1. The summed E-state index contributed by atoms with van der Waals surface area (Å²) in [5, 5.41) is 38.2. The first-order valence-corrected chi connectivity index (χ1v) is 15.0. The minimum Gasteiger partial charge on any atom is -0.505 e. The minimum absolute atomic E-state index is 0.0709. The molecule has 6 N–H and O–H groups in total. The summed E-state index contributed by atoms with van der Waals surface area (Å²) in [6.45, 7) is 9.94. The van der Waals surface area contributed by atoms with Crippen LogP contribution in [0.3, 0.4) is 0 Å². The lowest BCUT2D eigenvalue weighted by Gasteiger charge is -2.55. The summed E-state index contributed by atoms with van der Waals surface area (Å²) in [4.78, 5) is 69.5. The van der Waals surface area contributed by atoms with E-state index < -0.39 is 82.2 Å². The number of aliphatic hydroxyl groups is 2. The second kappa shape index (κ2) is 10.8. The third-order valence-corrected chi connectivity index (χ3v) is 10.2. The molecule has 1 aromatic rings. The van der Waals surface area contributed by atoms with E-state index in [-0.39, 0.29) is 17.4 Å². The highest BCUT2D eigenvalue weighted by molar-refractivity contribution is 6.32. The fourth-order valence-corrected chi connectivity index (χ4v) is 8.19. The molecule has 11 nitrogen and oxygen atoms in total. The SMILES string of the molecule is CCCN1CCC(Nc2ccc3c(c2O)C(=O)C2C(=O)[C@]4(O)C(=O)C(C(N)=O)C(=O)[C@@H](C(C)C)[C@@H]4[C@@H](O)[C@@H]2[C@H]3C)CC1. The number of ketones is 4. The second-order valence-corrected chi connectivity index (χ2v) is 12.9. The topological polar surface area (TPSA) is 187 Å². The van der Waals surface area contributed by atoms with Gasteiger partial charge in [0.15, 0.2) is 34.7 Å². The molecule has 0 aromatic heterocycles. The van der Waals surface area contributed by atoms with Gasteiger partial charge in [0.2, 0.25) is 5.91 Å². The summed E-state index contributed by atoms with van der Waals surface area (Å²) in [6, 6.07) is 3.45. The van der Waals surface area contributed by atoms with E-state index in [2.05, 4.69) is 17.1 Å². The number of hydrogen-bond acceptors (Lipinski definition) is 10. The monoisotopic (exact) mass is 583 g/mol. The van der Waals surface area contributed by atoms with Gasteiger partial charge < -0.3 is 31.3 Å². The van der Waals surface area contributed by atoms with Gasteiger partial charge in [-0.05, 0) is 49.3 Å². The predicted molar refractivity (Wildman–Crippen MR) is 152 cm³/mol. The highest BCUT2D eigenvalue weighted by Gasteiger charge is 2.72. The van der Waals surface area contributed by atoms with Crippen LogP contribution in [0.5, 0.6) is 5.75 Å². The molecule has 0 bridgehead atoms. The molecule has 1 amide bonds. The van der Waals surface area contributed by atoms with Gasteiger partial charge in [-0.25, -0.2) is 0 Å². The quantitative estimate of drug-likeness (QED) is 0.239. The van der Waals surface area contributed by atoms with Gasteiger partial charge in [-0.3, -0.25) is 24.0 Å². The molecule has 0 radical (unpaired) electrons. The summed E-state index contributed by atoms with van der Waals surface area (Å²) in [5.74, 6) is -14.6. The highest BCUT2D eigenvalue weighted by Crippen LogP contribution is 2.56. The Kier molecular flexibility index (Phi) is 7.83. The number of rotatable bonds is 6. The number of nitrogens with one attached hydrogen (secondary N) is 1. The molecule has 1 heterocycles. The number of fused-ring (bicyclic) bond motifs is 3. The molecular weight excluding hydrogens is 542 g/mol. The standard InChI is InChI=1S/C31H41N3O8/c1-5-10-34-11-8-15(9-12-34)33-17-7-6-16-14(4)19-21(26(37)20(16)24(17)35)28(39)31(42)23(27(19)38)18(13(2)3)25(36)22(29(31)40)30(32)41/h6-7,13-15,18-19,21-23,27,33,35,38,42H,5,8-12H2,1-4H3,(H2,32,41)/t14-,18-,19+,21?,22?,23+,27-,31-/m0/s1. The molecule has 42 heavy (non-hydrogen) atoms. The largest absolute Gasteiger partial charge is 0.505 e. The van der Waals surface area contributed by atoms with Crippen LogP contribution in [0.4, 0.5) is 5.69 Å². The maximum absolute atomic E-state index is 14.1. The van der Waals surface area contributed by atoms with Crippen molar-refractivity contribution in [3.05, 3.63) is 23.3 Å². The Hall–Kier alpha value is -3.15. The van der Waals surface area contributed by atoms with Crippen LogP contribution in [-0.2, 0) is 19.2 Å². The van der Waals surface area contributed by atoms with Crippen molar-refractivity contribution in [2.45, 2.75) is 70.6 Å². The van der Waals surface area contributed by atoms with Gasteiger partial charge in [0, 0.05) is 36.9 Å². The maximum Gasteiger partial charge on any atom is 0.235 e. The van der Waals surface area contributed by atoms with E-state index in [1.807, 2.05) is 0 Å². The Morgan fingerprint density at radius 3 is 2.36 bits per heavy atom. The highest BCUT2D eigenvalue weighted by atomic mass is 16.3. The van der Waals surface area contributed by atoms with E-state index in [0.717, 1.165) is 38.9 Å². The number of amides is 1. The van der Waals surface area contributed by atoms with Gasteiger partial charge in [-0.15, -0.1) is 0 Å². The number of benzene rings is 1. The molecule has 11 heteroatoms. The number of aliphatic hydroxyl groups excluding tert-OH is 1. The molecule has 228 valence electrons. The Labute approximate surface area is 244 Å². The second-order valence-electron chi connectivity index (χ2n) is 12.9. The zero-order chi connectivity index (χ0) is 30.8. The zero-order valence-corrected chi connectivity index (χ0v) is 24.5. The number of phenolic OH excluding ortho intramolecular Hbond substituents is 1. The average molecular weight is 584 g/mol. The molecule has 1 aliphatic heterocycles. The van der Waals surface area contributed by atoms with Gasteiger partial charge in [0.25, 0.3) is 0 Å². The van der Waals surface area contributed by atoms with Crippen molar-refractivity contribution in [2.75, 3.05) is 25.0 Å². The van der Waals surface area contributed by atoms with Crippen molar-refractivity contribution in [2.24, 2.45) is 41.2 Å². The van der Waals surface area contributed by atoms with Crippen LogP contribution >= 0.6 is 0 Å². The normalized spacial score (nSPS) is 35.5. The molecular formula is C31H41N3O8. The van der Waals surface area contributed by atoms with Crippen LogP contribution < -0.4 is 11.1 Å². The van der Waals surface area contributed by atoms with Crippen molar-refractivity contribution in [1.29, 1.82) is 0 Å². The van der Waals surface area contributed by atoms with Crippen molar-refractivity contribution in [1.82, 2.24) is 4.90 Å². The molecule has 3 fully saturated rings. The zero-order valence-electron chi connectivity index (χ0n) is 24.5. The van der Waals surface area contributed by atoms with Crippen LogP contribution in [-0.4, -0.2) is 86.6 Å². The number of nitrogens with zero attached hydrogens (tertiary/aromatic N) is 1. The van der Waals surface area contributed by atoms with Gasteiger partial charge in [0.05, 0.1) is 23.3 Å². The maximum atomic E-state index is 14.1. The fourth-order valence-electron chi connectivity index (χ4n) is 8.19. The van der Waals surface area contributed by atoms with E-state index in [1.54, 1.807) is 32.9 Å². The Bertz CT molecular complexity index is 1340. The van der Waals surface area contributed by atoms with Crippen LogP contribution in [0.25, 0.3) is 0 Å². The fraction of sp³-hybridized carbons (Fsp3) is 0.645. The number of anilines is 1. The van der Waals surface area contributed by atoms with E-state index >= 15 is 0 Å². The molecule has 1 aromatic carbocycles. The van der Waals surface area contributed by atoms with E-state index in [4.69, 9.17) is 5.73 Å². The van der Waals surface area contributed by atoms with Crippen LogP contribution in [0.1, 0.15) is 68.8 Å². The molecule has 4 aliphatic rings. The number of primary amides is 1. The van der Waals surface area contributed by atoms with Gasteiger partial charge >= 0.3 is 0 Å². The third-order valence-electron chi connectivity index (χ3n) is 10.2. The Morgan fingerprint density at radius 2 is 1.79 bits per heavy atom. The number of hydrogen-bond donors (Lipinski definition) is 5. The first-order chi connectivity index (χ1) is 19.8. The van der Waals surface area contributed by atoms with Crippen LogP contribution in [0.2, 0.25) is 0 Å². The average Bonchev–Trinajstić information content (AvgIpc) is 2.92. The number of phenols is 1. The van der Waals surface area contributed by atoms with Gasteiger partial charge in [-0.2, -0.15) is 0 Å². The minimum atomic E-state index is -2.96. The van der Waals surface area contributed by atoms with Crippen molar-refractivity contribution in [3.8, 4) is 5.75 Å². The predicted octanol–water partition coefficient (Wildman–Crippen LogP) is 1.03. The van der Waals surface area contributed by atoms with Crippen LogP contribution in [0.15, 0.2) is 12.1 Å². The number of Topliss-reactive ketones (excluding diaryl/α,β-unsaturated/α-hetero) is 4. The molecule has 2 unspecified atom stereocenters. The summed E-state index contributed by atoms with van der Waals surface area (Å²) in [6.07, 6.45) is 1.17. The van der Waals surface area contributed by atoms with Crippen molar-refractivity contribution >= 4 is 34.7 Å². The number of carbonyl (C=O) groups is 5. The smallest absolute Gasteiger partial charge is 0.235 e. The first-order valence-electron chi connectivity index (χ1n) is 15.0. The first kappa shape index (κ1) is 30.3. The van der Waals surface area contributed by atoms with Crippen molar-refractivity contribution in [3.63, 3.8) is 0 Å². The summed E-state index contributed by atoms with van der Waals surface area (Å²) >= 11 is 0. The number of aromatic hydroxyl groups is 1. The van der Waals surface area contributed by atoms with E-state index in [1.165, 1.54) is 0 Å². The van der Waals surface area contributed by atoms with Gasteiger partial charge in [0.1, 0.15) is 5.75 Å². The van der Waals surface area contributed by atoms with E-state index in [9.17, 15) is 39.3 Å². The molecule has 2 saturated carbocycles.